The number of hydrogen-bond acceptors (Lipinski definition) is 4. The fourth-order valence-corrected chi connectivity index (χ4v) is 2.20. The molecule has 2 aromatic rings. The number of aryl methyl sites for hydroxylation is 1. The Morgan fingerprint density at radius 1 is 1.12 bits per heavy atom. The van der Waals surface area contributed by atoms with Crippen molar-refractivity contribution >= 4 is 17.5 Å². The minimum atomic E-state index is -0.717. The molecule has 24 heavy (non-hydrogen) atoms. The zero-order chi connectivity index (χ0) is 17.5. The van der Waals surface area contributed by atoms with Gasteiger partial charge in [0.1, 0.15) is 5.75 Å². The molecule has 126 valence electrons. The van der Waals surface area contributed by atoms with Crippen LogP contribution < -0.4 is 21.3 Å². The van der Waals surface area contributed by atoms with Crippen LogP contribution in [-0.4, -0.2) is 17.9 Å². The molecular weight excluding hydrogens is 306 g/mol. The first-order valence-electron chi connectivity index (χ1n) is 7.71. The molecule has 0 radical (unpaired) electrons. The fraction of sp³-hybridized carbons (Fsp3) is 0.222. The van der Waals surface area contributed by atoms with Gasteiger partial charge >= 0.3 is 0 Å². The van der Waals surface area contributed by atoms with Crippen LogP contribution in [-0.2, 0) is 11.2 Å². The Labute approximate surface area is 141 Å². The summed E-state index contributed by atoms with van der Waals surface area (Å²) in [6.45, 7) is 3.63. The van der Waals surface area contributed by atoms with Crippen LogP contribution in [0.3, 0.4) is 0 Å². The molecule has 6 nitrogen and oxygen atoms in total. The van der Waals surface area contributed by atoms with Gasteiger partial charge in [-0.1, -0.05) is 25.1 Å². The van der Waals surface area contributed by atoms with E-state index < -0.39 is 12.0 Å². The fourth-order valence-electron chi connectivity index (χ4n) is 2.20. The van der Waals surface area contributed by atoms with Crippen molar-refractivity contribution in [2.75, 3.05) is 5.32 Å². The highest BCUT2D eigenvalue weighted by molar-refractivity contribution is 6.04. The molecule has 2 rings (SSSR count). The summed E-state index contributed by atoms with van der Waals surface area (Å²) in [5.41, 5.74) is 4.41. The lowest BCUT2D eigenvalue weighted by atomic mass is 10.1. The SMILES string of the molecule is CCc1ccccc1NC(=O)c1ccc(O[C@@H](C)C(=O)NN)cc1. The third-order valence-electron chi connectivity index (χ3n) is 3.59. The number of amides is 2. The molecule has 0 fully saturated rings. The molecule has 6 heteroatoms. The van der Waals surface area contributed by atoms with E-state index in [9.17, 15) is 9.59 Å². The van der Waals surface area contributed by atoms with Gasteiger partial charge in [-0.3, -0.25) is 15.0 Å². The van der Waals surface area contributed by atoms with E-state index in [0.717, 1.165) is 17.7 Å². The molecular formula is C18H21N3O3. The lowest BCUT2D eigenvalue weighted by molar-refractivity contribution is -0.127. The van der Waals surface area contributed by atoms with Gasteiger partial charge in [-0.2, -0.15) is 0 Å². The second-order valence-corrected chi connectivity index (χ2v) is 5.26. The predicted molar refractivity (Wildman–Crippen MR) is 92.6 cm³/mol. The molecule has 0 bridgehead atoms. The van der Waals surface area contributed by atoms with Crippen LogP contribution in [0, 0.1) is 0 Å². The highest BCUT2D eigenvalue weighted by atomic mass is 16.5. The first-order valence-corrected chi connectivity index (χ1v) is 7.71. The molecule has 0 aliphatic rings. The summed E-state index contributed by atoms with van der Waals surface area (Å²) >= 11 is 0. The largest absolute Gasteiger partial charge is 0.481 e. The molecule has 0 aliphatic heterocycles. The second-order valence-electron chi connectivity index (χ2n) is 5.26. The highest BCUT2D eigenvalue weighted by Crippen LogP contribution is 2.18. The van der Waals surface area contributed by atoms with Crippen LogP contribution >= 0.6 is 0 Å². The average molecular weight is 327 g/mol. The minimum Gasteiger partial charge on any atom is -0.481 e. The molecule has 0 saturated heterocycles. The maximum atomic E-state index is 12.3. The van der Waals surface area contributed by atoms with Crippen LogP contribution in [0.25, 0.3) is 0 Å². The molecule has 4 N–H and O–H groups in total. The molecule has 0 spiro atoms. The number of rotatable bonds is 6. The maximum Gasteiger partial charge on any atom is 0.274 e. The highest BCUT2D eigenvalue weighted by Gasteiger charge is 2.13. The van der Waals surface area contributed by atoms with Crippen molar-refractivity contribution in [3.8, 4) is 5.75 Å². The van der Waals surface area contributed by atoms with Crippen molar-refractivity contribution in [1.82, 2.24) is 5.43 Å². The lowest BCUT2D eigenvalue weighted by Gasteiger charge is -2.13. The van der Waals surface area contributed by atoms with Gasteiger partial charge in [-0.05, 0) is 49.2 Å². The van der Waals surface area contributed by atoms with Crippen molar-refractivity contribution in [1.29, 1.82) is 0 Å². The number of ether oxygens (including phenoxy) is 1. The van der Waals surface area contributed by atoms with Gasteiger partial charge in [0.2, 0.25) is 0 Å². The van der Waals surface area contributed by atoms with Crippen LogP contribution in [0.15, 0.2) is 48.5 Å². The number of para-hydroxylation sites is 1. The van der Waals surface area contributed by atoms with Crippen molar-refractivity contribution < 1.29 is 14.3 Å². The summed E-state index contributed by atoms with van der Waals surface area (Å²) < 4.78 is 5.43. The predicted octanol–water partition coefficient (Wildman–Crippen LogP) is 2.26. The number of anilines is 1. The van der Waals surface area contributed by atoms with Crippen LogP contribution in [0.4, 0.5) is 5.69 Å². The quantitative estimate of drug-likeness (QED) is 0.431. The molecule has 0 saturated carbocycles. The Morgan fingerprint density at radius 3 is 2.42 bits per heavy atom. The van der Waals surface area contributed by atoms with Gasteiger partial charge in [0.25, 0.3) is 11.8 Å². The van der Waals surface area contributed by atoms with Crippen molar-refractivity contribution in [3.05, 3.63) is 59.7 Å². The summed E-state index contributed by atoms with van der Waals surface area (Å²) in [7, 11) is 0. The third-order valence-corrected chi connectivity index (χ3v) is 3.59. The molecule has 0 unspecified atom stereocenters. The lowest BCUT2D eigenvalue weighted by Crippen LogP contribution is -2.40. The maximum absolute atomic E-state index is 12.3. The van der Waals surface area contributed by atoms with Gasteiger partial charge in [0, 0.05) is 11.3 Å². The van der Waals surface area contributed by atoms with Gasteiger partial charge in [-0.25, -0.2) is 5.84 Å². The van der Waals surface area contributed by atoms with Gasteiger partial charge in [-0.15, -0.1) is 0 Å². The monoisotopic (exact) mass is 327 g/mol. The minimum absolute atomic E-state index is 0.199. The van der Waals surface area contributed by atoms with Crippen molar-refractivity contribution in [2.45, 2.75) is 26.4 Å². The van der Waals surface area contributed by atoms with E-state index in [0.29, 0.717) is 11.3 Å². The summed E-state index contributed by atoms with van der Waals surface area (Å²) in [5, 5.41) is 2.90. The topological polar surface area (TPSA) is 93.4 Å². The Kier molecular flexibility index (Phi) is 5.92. The summed E-state index contributed by atoms with van der Waals surface area (Å²) in [6.07, 6.45) is 0.121. The molecule has 0 aromatic heterocycles. The summed E-state index contributed by atoms with van der Waals surface area (Å²) in [6, 6.07) is 14.3. The first kappa shape index (κ1) is 17.5. The zero-order valence-electron chi connectivity index (χ0n) is 13.7. The second kappa shape index (κ2) is 8.12. The Balaban J connectivity index is 2.05. The third kappa shape index (κ3) is 4.33. The number of nitrogens with one attached hydrogen (secondary N) is 2. The standard InChI is InChI=1S/C18H21N3O3/c1-3-13-6-4-5-7-16(13)20-18(23)14-8-10-15(11-9-14)24-12(2)17(22)21-19/h4-12H,3,19H2,1-2H3,(H,20,23)(H,21,22)/t12-/m0/s1. The van der Waals surface area contributed by atoms with E-state index in [1.54, 1.807) is 31.2 Å². The Hall–Kier alpha value is -2.86. The number of benzene rings is 2. The molecule has 0 heterocycles. The van der Waals surface area contributed by atoms with Gasteiger partial charge in [0.05, 0.1) is 0 Å². The van der Waals surface area contributed by atoms with Crippen LogP contribution in [0.5, 0.6) is 5.75 Å². The number of hydrazine groups is 1. The van der Waals surface area contributed by atoms with E-state index in [2.05, 4.69) is 5.32 Å². The number of nitrogens with two attached hydrogens (primary N) is 1. The smallest absolute Gasteiger partial charge is 0.274 e. The molecule has 2 amide bonds. The Morgan fingerprint density at radius 2 is 1.79 bits per heavy atom. The van der Waals surface area contributed by atoms with E-state index in [1.165, 1.54) is 0 Å². The molecule has 1 atom stereocenters. The van der Waals surface area contributed by atoms with E-state index in [-0.39, 0.29) is 5.91 Å². The number of hydrogen-bond donors (Lipinski definition) is 3. The van der Waals surface area contributed by atoms with Crippen LogP contribution in [0.2, 0.25) is 0 Å². The normalized spacial score (nSPS) is 11.5. The summed E-state index contributed by atoms with van der Waals surface area (Å²) in [4.78, 5) is 23.7. The zero-order valence-corrected chi connectivity index (χ0v) is 13.7. The number of carbonyl (C=O) groups is 2. The summed E-state index contributed by atoms with van der Waals surface area (Å²) in [5.74, 6) is 4.92. The average Bonchev–Trinajstić information content (AvgIpc) is 2.61. The molecule has 0 aliphatic carbocycles. The van der Waals surface area contributed by atoms with E-state index in [4.69, 9.17) is 10.6 Å². The van der Waals surface area contributed by atoms with E-state index >= 15 is 0 Å². The van der Waals surface area contributed by atoms with Crippen LogP contribution in [0.1, 0.15) is 29.8 Å². The first-order chi connectivity index (χ1) is 11.5. The van der Waals surface area contributed by atoms with E-state index in [1.807, 2.05) is 36.6 Å². The molecule has 2 aromatic carbocycles. The van der Waals surface area contributed by atoms with Gasteiger partial charge in [0.15, 0.2) is 6.10 Å². The number of carbonyl (C=O) groups excluding carboxylic acids is 2. The Bertz CT molecular complexity index is 714. The van der Waals surface area contributed by atoms with Crippen molar-refractivity contribution in [3.63, 3.8) is 0 Å². The van der Waals surface area contributed by atoms with Gasteiger partial charge < -0.3 is 10.1 Å². The van der Waals surface area contributed by atoms with Crippen molar-refractivity contribution in [2.24, 2.45) is 5.84 Å².